The lowest BCUT2D eigenvalue weighted by atomic mass is 9.71. The molecule has 0 saturated carbocycles. The van der Waals surface area contributed by atoms with Crippen molar-refractivity contribution < 1.29 is 28.9 Å². The maximum Gasteiger partial charge on any atom is 0.309 e. The summed E-state index contributed by atoms with van der Waals surface area (Å²) in [5.74, 6) is -2.45. The maximum atomic E-state index is 15.2. The first-order valence-electron chi connectivity index (χ1n) is 12.4. The summed E-state index contributed by atoms with van der Waals surface area (Å²) in [6.45, 7) is 10.7. The van der Waals surface area contributed by atoms with E-state index in [1.54, 1.807) is 19.2 Å². The first kappa shape index (κ1) is 29.3. The number of esters is 1. The van der Waals surface area contributed by atoms with E-state index in [1.807, 2.05) is 33.8 Å². The van der Waals surface area contributed by atoms with Gasteiger partial charge in [-0.05, 0) is 45.4 Å². The van der Waals surface area contributed by atoms with Crippen molar-refractivity contribution in [2.75, 3.05) is 0 Å². The third-order valence-electron chi connectivity index (χ3n) is 7.01. The number of aliphatic hydroxyl groups excluding tert-OH is 2. The number of aliphatic hydroxyl groups is 2. The van der Waals surface area contributed by atoms with Gasteiger partial charge in [-0.15, -0.1) is 11.3 Å². The molecule has 0 aromatic carbocycles. The molecule has 6 nitrogen and oxygen atoms in total. The second-order valence-electron chi connectivity index (χ2n) is 10.3. The van der Waals surface area contributed by atoms with Crippen LogP contribution in [0.15, 0.2) is 22.9 Å². The normalized spacial score (nSPS) is 31.5. The highest BCUT2D eigenvalue weighted by Crippen LogP contribution is 2.34. The van der Waals surface area contributed by atoms with E-state index in [0.29, 0.717) is 12.1 Å². The highest BCUT2D eigenvalue weighted by Gasteiger charge is 2.43. The number of allylic oxidation sites excluding steroid dienone is 1. The molecule has 0 aliphatic carbocycles. The van der Waals surface area contributed by atoms with Gasteiger partial charge in [0.1, 0.15) is 11.6 Å². The van der Waals surface area contributed by atoms with E-state index in [2.05, 4.69) is 4.98 Å². The van der Waals surface area contributed by atoms with Gasteiger partial charge in [0, 0.05) is 23.8 Å². The van der Waals surface area contributed by atoms with Crippen molar-refractivity contribution in [1.29, 1.82) is 0 Å². The molecule has 196 valence electrons. The molecule has 1 aromatic heterocycles. The van der Waals surface area contributed by atoms with Crippen LogP contribution in [0, 0.1) is 24.2 Å². The van der Waals surface area contributed by atoms with Crippen molar-refractivity contribution in [2.24, 2.45) is 17.3 Å². The summed E-state index contributed by atoms with van der Waals surface area (Å²) in [5.41, 5.74) is 0.205. The Balaban J connectivity index is 2.35. The summed E-state index contributed by atoms with van der Waals surface area (Å²) in [4.78, 5) is 30.3. The summed E-state index contributed by atoms with van der Waals surface area (Å²) in [6.07, 6.45) is 2.22. The fourth-order valence-electron chi connectivity index (χ4n) is 4.42. The number of aryl methyl sites for hydroxylation is 1. The second-order valence-corrected chi connectivity index (χ2v) is 11.3. The fraction of sp³-hybridized carbons (Fsp3) is 0.667. The molecule has 0 spiro atoms. The number of halogens is 1. The average molecular weight is 510 g/mol. The van der Waals surface area contributed by atoms with Crippen molar-refractivity contribution in [2.45, 2.75) is 98.4 Å². The Bertz CT molecular complexity index is 938. The zero-order valence-corrected chi connectivity index (χ0v) is 22.5. The van der Waals surface area contributed by atoms with E-state index >= 15 is 4.39 Å². The molecule has 0 saturated heterocycles. The molecule has 0 amide bonds. The lowest BCUT2D eigenvalue weighted by Gasteiger charge is -2.35. The van der Waals surface area contributed by atoms with Crippen LogP contribution in [0.25, 0.3) is 6.08 Å². The van der Waals surface area contributed by atoms with Crippen molar-refractivity contribution in [3.63, 3.8) is 0 Å². The number of cyclic esters (lactones) is 1. The predicted octanol–water partition coefficient (Wildman–Crippen LogP) is 5.56. The van der Waals surface area contributed by atoms with Gasteiger partial charge in [-0.3, -0.25) is 9.59 Å². The number of thiazole rings is 1. The zero-order chi connectivity index (χ0) is 26.3. The lowest BCUT2D eigenvalue weighted by molar-refractivity contribution is -0.155. The average Bonchev–Trinajstić information content (AvgIpc) is 3.20. The Hall–Kier alpha value is -1.90. The maximum absolute atomic E-state index is 15.2. The summed E-state index contributed by atoms with van der Waals surface area (Å²) in [7, 11) is 0. The van der Waals surface area contributed by atoms with E-state index in [9.17, 15) is 19.8 Å². The minimum Gasteiger partial charge on any atom is -0.455 e. The molecule has 0 radical (unpaired) electrons. The van der Waals surface area contributed by atoms with Crippen molar-refractivity contribution >= 4 is 29.2 Å². The molecule has 2 rings (SSSR count). The smallest absolute Gasteiger partial charge is 0.309 e. The number of hydrogen-bond donors (Lipinski definition) is 2. The summed E-state index contributed by atoms with van der Waals surface area (Å²) in [5, 5.41) is 24.3. The van der Waals surface area contributed by atoms with E-state index in [-0.39, 0.29) is 18.1 Å². The molecule has 5 atom stereocenters. The Morgan fingerprint density at radius 2 is 2.00 bits per heavy atom. The first-order chi connectivity index (χ1) is 16.4. The Kier molecular flexibility index (Phi) is 10.8. The highest BCUT2D eigenvalue weighted by atomic mass is 32.1. The minimum atomic E-state index is -1.34. The SMILES string of the molecule is CC[C@H]1C(=O)C(C)(C)[C@H](O)CC(=O)O[C@H](/C(F)=C/c2csc(C)n2)C/C=C(/C)CCC[C@H](C)[C@@H]1O. The zero-order valence-electron chi connectivity index (χ0n) is 21.7. The molecule has 1 aliphatic rings. The van der Waals surface area contributed by atoms with Gasteiger partial charge < -0.3 is 14.9 Å². The third-order valence-corrected chi connectivity index (χ3v) is 7.81. The van der Waals surface area contributed by atoms with E-state index < -0.39 is 47.9 Å². The predicted molar refractivity (Wildman–Crippen MR) is 136 cm³/mol. The van der Waals surface area contributed by atoms with Gasteiger partial charge in [-0.25, -0.2) is 9.37 Å². The molecule has 1 aliphatic heterocycles. The van der Waals surface area contributed by atoms with Gasteiger partial charge in [-0.1, -0.05) is 39.3 Å². The third kappa shape index (κ3) is 8.05. The number of aromatic nitrogens is 1. The second kappa shape index (κ2) is 12.9. The van der Waals surface area contributed by atoms with Crippen LogP contribution in [0.3, 0.4) is 0 Å². The molecule has 0 unspecified atom stereocenters. The molecule has 0 fully saturated rings. The quantitative estimate of drug-likeness (QED) is 0.409. The topological polar surface area (TPSA) is 96.7 Å². The largest absolute Gasteiger partial charge is 0.455 e. The van der Waals surface area contributed by atoms with Gasteiger partial charge in [0.05, 0.1) is 34.7 Å². The van der Waals surface area contributed by atoms with Crippen molar-refractivity contribution in [3.05, 3.63) is 33.6 Å². The lowest BCUT2D eigenvalue weighted by Crippen LogP contribution is -2.46. The van der Waals surface area contributed by atoms with Crippen LogP contribution in [0.4, 0.5) is 4.39 Å². The fourth-order valence-corrected chi connectivity index (χ4v) is 4.99. The molecular formula is C27H40FNO5S. The summed E-state index contributed by atoms with van der Waals surface area (Å²) in [6, 6.07) is 0. The summed E-state index contributed by atoms with van der Waals surface area (Å²) >= 11 is 1.40. The van der Waals surface area contributed by atoms with Gasteiger partial charge >= 0.3 is 5.97 Å². The van der Waals surface area contributed by atoms with E-state index in [0.717, 1.165) is 29.8 Å². The molecule has 0 bridgehead atoms. The molecule has 35 heavy (non-hydrogen) atoms. The Morgan fingerprint density at radius 1 is 1.31 bits per heavy atom. The number of rotatable bonds is 3. The number of ether oxygens (including phenoxy) is 1. The van der Waals surface area contributed by atoms with Crippen LogP contribution >= 0.6 is 11.3 Å². The number of Topliss-reactive ketones (excluding diaryl/α,β-unsaturated/α-hetero) is 1. The Labute approximate surface area is 212 Å². The number of ketones is 1. The number of nitrogens with zero attached hydrogens (tertiary/aromatic N) is 1. The summed E-state index contributed by atoms with van der Waals surface area (Å²) < 4.78 is 20.6. The van der Waals surface area contributed by atoms with Crippen LogP contribution in [0.5, 0.6) is 0 Å². The number of carbonyl (C=O) groups excluding carboxylic acids is 2. The monoisotopic (exact) mass is 509 g/mol. The van der Waals surface area contributed by atoms with Crippen LogP contribution in [0.2, 0.25) is 0 Å². The van der Waals surface area contributed by atoms with Crippen LogP contribution < -0.4 is 0 Å². The molecule has 2 N–H and O–H groups in total. The van der Waals surface area contributed by atoms with Crippen LogP contribution in [-0.4, -0.2) is 45.3 Å². The molecular weight excluding hydrogens is 469 g/mol. The van der Waals surface area contributed by atoms with Gasteiger partial charge in [0.2, 0.25) is 0 Å². The standard InChI is InChI=1S/C27H40FNO5S/c1-7-20-25(32)17(3)10-8-9-16(2)11-12-22(21(28)13-19-15-35-18(4)29-19)34-24(31)14-23(30)27(5,6)26(20)33/h11,13,15,17,20,22-23,25,30,32H,7-10,12,14H2,1-6H3/b16-11-,21-13-/t17-,20+,22-,23+,25-/m0/s1. The number of hydrogen-bond acceptors (Lipinski definition) is 7. The molecule has 1 aromatic rings. The van der Waals surface area contributed by atoms with Gasteiger partial charge in [0.15, 0.2) is 6.10 Å². The first-order valence-corrected chi connectivity index (χ1v) is 13.3. The van der Waals surface area contributed by atoms with Crippen molar-refractivity contribution in [1.82, 2.24) is 4.98 Å². The molecule has 8 heteroatoms. The van der Waals surface area contributed by atoms with Gasteiger partial charge in [0.25, 0.3) is 0 Å². The van der Waals surface area contributed by atoms with Crippen molar-refractivity contribution in [3.8, 4) is 0 Å². The highest BCUT2D eigenvalue weighted by molar-refractivity contribution is 7.09. The minimum absolute atomic E-state index is 0.0998. The van der Waals surface area contributed by atoms with E-state index in [4.69, 9.17) is 4.74 Å². The number of carbonyl (C=O) groups is 2. The van der Waals surface area contributed by atoms with E-state index in [1.165, 1.54) is 17.4 Å². The Morgan fingerprint density at radius 3 is 2.60 bits per heavy atom. The van der Waals surface area contributed by atoms with Crippen LogP contribution in [-0.2, 0) is 14.3 Å². The van der Waals surface area contributed by atoms with Crippen LogP contribution in [0.1, 0.15) is 83.8 Å². The van der Waals surface area contributed by atoms with Gasteiger partial charge in [-0.2, -0.15) is 0 Å². The molecule has 2 heterocycles.